The molecule has 1 heterocycles. The Bertz CT molecular complexity index is 838. The smallest absolute Gasteiger partial charge is 0.303 e. The number of unbranched alkanes of at least 4 members (excludes halogenated alkanes) is 3. The van der Waals surface area contributed by atoms with E-state index in [1.165, 1.54) is 0 Å². The van der Waals surface area contributed by atoms with Crippen molar-refractivity contribution in [3.05, 3.63) is 47.4 Å². The molecule has 4 atom stereocenters. The van der Waals surface area contributed by atoms with Gasteiger partial charge in [0.2, 0.25) is 0 Å². The zero-order valence-corrected chi connectivity index (χ0v) is 17.2. The molecule has 0 saturated heterocycles. The number of carboxylic acid groups (broad SMARTS) is 1. The molecular formula is C23H28O5S. The van der Waals surface area contributed by atoms with Crippen LogP contribution in [-0.4, -0.2) is 33.2 Å². The molecule has 0 radical (unpaired) electrons. The van der Waals surface area contributed by atoms with Gasteiger partial charge in [-0.25, -0.2) is 0 Å². The summed E-state index contributed by atoms with van der Waals surface area (Å²) in [5, 5.41) is 30.6. The van der Waals surface area contributed by atoms with E-state index in [-0.39, 0.29) is 30.5 Å². The summed E-state index contributed by atoms with van der Waals surface area (Å²) in [6.07, 6.45) is 6.28. The number of aliphatic hydroxyl groups excluding tert-OH is 2. The van der Waals surface area contributed by atoms with Crippen molar-refractivity contribution in [2.45, 2.75) is 57.2 Å². The van der Waals surface area contributed by atoms with E-state index in [0.29, 0.717) is 12.8 Å². The summed E-state index contributed by atoms with van der Waals surface area (Å²) in [6.45, 7) is 0. The second-order valence-corrected chi connectivity index (χ2v) is 8.90. The lowest BCUT2D eigenvalue weighted by molar-refractivity contribution is -0.137. The highest BCUT2D eigenvalue weighted by Crippen LogP contribution is 2.36. The summed E-state index contributed by atoms with van der Waals surface area (Å²) in [5.74, 6) is -1.20. The number of fused-ring (bicyclic) bond motifs is 1. The fraction of sp³-hybridized carbons (Fsp3) is 0.478. The Kier molecular flexibility index (Phi) is 7.58. The number of ketones is 1. The Morgan fingerprint density at radius 3 is 2.72 bits per heavy atom. The van der Waals surface area contributed by atoms with E-state index in [9.17, 15) is 19.8 Å². The number of rotatable bonds is 10. The molecule has 1 aliphatic carbocycles. The minimum absolute atomic E-state index is 0.0778. The van der Waals surface area contributed by atoms with Crippen LogP contribution in [0.15, 0.2) is 42.5 Å². The molecule has 6 heteroatoms. The first-order valence-electron chi connectivity index (χ1n) is 10.2. The third-order valence-electron chi connectivity index (χ3n) is 5.64. The monoisotopic (exact) mass is 416 g/mol. The fourth-order valence-electron chi connectivity index (χ4n) is 4.06. The molecule has 1 aromatic heterocycles. The lowest BCUT2D eigenvalue weighted by Gasteiger charge is -2.18. The first-order chi connectivity index (χ1) is 14.0. The summed E-state index contributed by atoms with van der Waals surface area (Å²) >= 11 is 1.54. The third kappa shape index (κ3) is 5.75. The van der Waals surface area contributed by atoms with Crippen molar-refractivity contribution in [2.24, 2.45) is 11.8 Å². The van der Waals surface area contributed by atoms with Gasteiger partial charge in [0.25, 0.3) is 0 Å². The van der Waals surface area contributed by atoms with Crippen LogP contribution in [0.3, 0.4) is 0 Å². The highest BCUT2D eigenvalue weighted by atomic mass is 32.1. The van der Waals surface area contributed by atoms with E-state index in [2.05, 4.69) is 0 Å². The summed E-state index contributed by atoms with van der Waals surface area (Å²) in [6, 6.07) is 9.94. The van der Waals surface area contributed by atoms with Crippen LogP contribution in [0.2, 0.25) is 0 Å². The van der Waals surface area contributed by atoms with Crippen LogP contribution >= 0.6 is 11.3 Å². The normalized spacial score (nSPS) is 23.2. The van der Waals surface area contributed by atoms with Crippen molar-refractivity contribution >= 4 is 33.2 Å². The van der Waals surface area contributed by atoms with Crippen LogP contribution in [0.4, 0.5) is 0 Å². The molecule has 1 aliphatic rings. The van der Waals surface area contributed by atoms with Crippen LogP contribution in [0, 0.1) is 11.8 Å². The number of benzene rings is 1. The average Bonchev–Trinajstić information content (AvgIpc) is 3.23. The molecule has 1 unspecified atom stereocenters. The molecule has 5 nitrogen and oxygen atoms in total. The topological polar surface area (TPSA) is 94.8 Å². The van der Waals surface area contributed by atoms with E-state index < -0.39 is 18.2 Å². The lowest BCUT2D eigenvalue weighted by atomic mass is 9.88. The zero-order chi connectivity index (χ0) is 20.8. The second kappa shape index (κ2) is 10.1. The minimum atomic E-state index is -0.776. The van der Waals surface area contributed by atoms with Gasteiger partial charge >= 0.3 is 5.97 Å². The van der Waals surface area contributed by atoms with Crippen molar-refractivity contribution < 1.29 is 24.9 Å². The largest absolute Gasteiger partial charge is 0.481 e. The van der Waals surface area contributed by atoms with Crippen LogP contribution in [0.1, 0.15) is 55.9 Å². The predicted molar refractivity (Wildman–Crippen MR) is 114 cm³/mol. The molecule has 3 N–H and O–H groups in total. The number of thiophene rings is 1. The molecule has 2 aromatic rings. The molecule has 1 aromatic carbocycles. The molecule has 0 bridgehead atoms. The van der Waals surface area contributed by atoms with Gasteiger partial charge in [0.05, 0.1) is 6.10 Å². The summed E-state index contributed by atoms with van der Waals surface area (Å²) in [5.41, 5.74) is 0. The number of aliphatic hydroxyl groups is 2. The van der Waals surface area contributed by atoms with Crippen LogP contribution in [0.5, 0.6) is 0 Å². The van der Waals surface area contributed by atoms with Gasteiger partial charge in [-0.05, 0) is 30.4 Å². The summed E-state index contributed by atoms with van der Waals surface area (Å²) in [4.78, 5) is 23.7. The van der Waals surface area contributed by atoms with Gasteiger partial charge in [-0.3, -0.25) is 9.59 Å². The van der Waals surface area contributed by atoms with Gasteiger partial charge in [-0.1, -0.05) is 49.6 Å². The Balaban J connectivity index is 1.56. The maximum atomic E-state index is 12.3. The Hall–Kier alpha value is -2.02. The van der Waals surface area contributed by atoms with Crippen molar-refractivity contribution in [1.82, 2.24) is 0 Å². The zero-order valence-electron chi connectivity index (χ0n) is 16.4. The quantitative estimate of drug-likeness (QED) is 0.392. The second-order valence-electron chi connectivity index (χ2n) is 7.78. The van der Waals surface area contributed by atoms with E-state index in [1.807, 2.05) is 30.3 Å². The molecule has 1 fully saturated rings. The summed E-state index contributed by atoms with van der Waals surface area (Å²) in [7, 11) is 0. The van der Waals surface area contributed by atoms with Crippen molar-refractivity contribution in [2.75, 3.05) is 0 Å². The van der Waals surface area contributed by atoms with Gasteiger partial charge in [0.15, 0.2) is 0 Å². The van der Waals surface area contributed by atoms with Crippen molar-refractivity contribution in [3.63, 3.8) is 0 Å². The van der Waals surface area contributed by atoms with Gasteiger partial charge in [-0.2, -0.15) is 0 Å². The van der Waals surface area contributed by atoms with Crippen LogP contribution < -0.4 is 0 Å². The highest BCUT2D eigenvalue weighted by Gasteiger charge is 2.39. The summed E-state index contributed by atoms with van der Waals surface area (Å²) < 4.78 is 1.12. The van der Waals surface area contributed by atoms with E-state index in [4.69, 9.17) is 5.11 Å². The molecule has 1 saturated carbocycles. The van der Waals surface area contributed by atoms with E-state index >= 15 is 0 Å². The number of hydrogen-bond donors (Lipinski definition) is 3. The maximum absolute atomic E-state index is 12.3. The van der Waals surface area contributed by atoms with Gasteiger partial charge < -0.3 is 15.3 Å². The first kappa shape index (κ1) is 21.7. The number of aliphatic carboxylic acids is 1. The average molecular weight is 417 g/mol. The molecule has 156 valence electrons. The molecule has 0 amide bonds. The number of carbonyl (C=O) groups excluding carboxylic acids is 1. The fourth-order valence-corrected chi connectivity index (χ4v) is 5.09. The minimum Gasteiger partial charge on any atom is -0.481 e. The van der Waals surface area contributed by atoms with E-state index in [0.717, 1.165) is 34.2 Å². The van der Waals surface area contributed by atoms with Gasteiger partial charge in [-0.15, -0.1) is 11.3 Å². The Morgan fingerprint density at radius 1 is 1.21 bits per heavy atom. The standard InChI is InChI=1S/C23H28O5S/c24-18(22-13-15-7-5-6-9-21(15)29-22)12-11-17-16(19(25)14-20(17)26)8-3-1-2-4-10-23(27)28/h5-7,9,11-13,16-18,20,24,26H,1-4,8,10,14H2,(H,27,28)/t16-,17-,18?,20-/m1/s1. The van der Waals surface area contributed by atoms with Crippen molar-refractivity contribution in [3.8, 4) is 0 Å². The number of hydrogen-bond acceptors (Lipinski definition) is 5. The number of Topliss-reactive ketones (excluding diaryl/α,β-unsaturated/α-hetero) is 1. The van der Waals surface area contributed by atoms with Crippen molar-refractivity contribution in [1.29, 1.82) is 0 Å². The maximum Gasteiger partial charge on any atom is 0.303 e. The molecule has 29 heavy (non-hydrogen) atoms. The van der Waals surface area contributed by atoms with Crippen LogP contribution in [-0.2, 0) is 9.59 Å². The molecular weight excluding hydrogens is 388 g/mol. The molecule has 0 aliphatic heterocycles. The van der Waals surface area contributed by atoms with E-state index in [1.54, 1.807) is 23.5 Å². The van der Waals surface area contributed by atoms with Gasteiger partial charge in [0, 0.05) is 34.3 Å². The lowest BCUT2D eigenvalue weighted by Crippen LogP contribution is -2.18. The van der Waals surface area contributed by atoms with Crippen LogP contribution in [0.25, 0.3) is 10.1 Å². The molecule has 3 rings (SSSR count). The first-order valence-corrected chi connectivity index (χ1v) is 11.0. The third-order valence-corrected chi connectivity index (χ3v) is 6.83. The number of carboxylic acids is 1. The Labute approximate surface area is 174 Å². The SMILES string of the molecule is O=C(O)CCCCCC[C@H]1C(=O)C[C@@H](O)[C@@H]1C=CC(O)c1cc2ccccc2s1. The molecule has 0 spiro atoms. The Morgan fingerprint density at radius 2 is 1.97 bits per heavy atom. The predicted octanol–water partition coefficient (Wildman–Crippen LogP) is 4.48. The number of carbonyl (C=O) groups is 2. The highest BCUT2D eigenvalue weighted by molar-refractivity contribution is 7.19. The van der Waals surface area contributed by atoms with Gasteiger partial charge in [0.1, 0.15) is 11.9 Å².